The molecule has 148 valence electrons. The molecule has 0 radical (unpaired) electrons. The lowest BCUT2D eigenvalue weighted by Gasteiger charge is -2.20. The number of pyridine rings is 1. The maximum Gasteiger partial charge on any atom is 0.290 e. The van der Waals surface area contributed by atoms with E-state index in [2.05, 4.69) is 4.98 Å². The number of rotatable bonds is 5. The number of nitrogens with zero attached hydrogens (tertiary/aromatic N) is 1. The Hall–Kier alpha value is -2.22. The van der Waals surface area contributed by atoms with Gasteiger partial charge in [-0.15, -0.1) is 0 Å². The van der Waals surface area contributed by atoms with Gasteiger partial charge in [0.05, 0.1) is 24.8 Å². The Balaban J connectivity index is 1.88. The molecule has 3 heterocycles. The van der Waals surface area contributed by atoms with Crippen LogP contribution in [0.15, 0.2) is 41.4 Å². The molecule has 2 unspecified atom stereocenters. The number of nitrogens with one attached hydrogen (secondary N) is 1. The molecule has 2 aromatic heterocycles. The minimum atomic E-state index is -1.12. The third kappa shape index (κ3) is 3.45. The van der Waals surface area contributed by atoms with Crippen LogP contribution in [0.2, 0.25) is 0 Å². The second-order valence-corrected chi connectivity index (χ2v) is 9.35. The Labute approximate surface area is 167 Å². The molecule has 2 atom stereocenters. The van der Waals surface area contributed by atoms with E-state index >= 15 is 0 Å². The average molecular weight is 401 g/mol. The van der Waals surface area contributed by atoms with Crippen molar-refractivity contribution in [2.45, 2.75) is 43.4 Å². The molecule has 0 amide bonds. The van der Waals surface area contributed by atoms with Crippen LogP contribution in [-0.4, -0.2) is 34.1 Å². The van der Waals surface area contributed by atoms with Gasteiger partial charge in [-0.3, -0.25) is 0 Å². The molecule has 0 bridgehead atoms. The highest BCUT2D eigenvalue weighted by Gasteiger charge is 2.24. The summed E-state index contributed by atoms with van der Waals surface area (Å²) >= 11 is -1.12. The van der Waals surface area contributed by atoms with Gasteiger partial charge in [-0.2, -0.15) is 0 Å². The molecule has 1 fully saturated rings. The van der Waals surface area contributed by atoms with Gasteiger partial charge in [-0.1, -0.05) is 0 Å². The summed E-state index contributed by atoms with van der Waals surface area (Å²) in [6, 6.07) is 9.42. The SMILES string of the molecule is Cc1cc(-c2cc([S+]([O-])C(C)C)ccc2OC2CCOC2)c2cc[nH]c2[n+]1[O-]. The number of benzene rings is 1. The number of ether oxygens (including phenoxy) is 2. The fraction of sp³-hybridized carbons (Fsp3) is 0.381. The summed E-state index contributed by atoms with van der Waals surface area (Å²) in [4.78, 5) is 3.77. The summed E-state index contributed by atoms with van der Waals surface area (Å²) < 4.78 is 25.3. The molecular formula is C21H24N2O4S. The first kappa shape index (κ1) is 19.1. The minimum Gasteiger partial charge on any atom is -0.710 e. The zero-order valence-electron chi connectivity index (χ0n) is 16.2. The Morgan fingerprint density at radius 3 is 2.79 bits per heavy atom. The van der Waals surface area contributed by atoms with E-state index in [1.165, 1.54) is 0 Å². The first-order chi connectivity index (χ1) is 13.5. The van der Waals surface area contributed by atoms with Gasteiger partial charge in [0.1, 0.15) is 22.8 Å². The number of fused-ring (bicyclic) bond motifs is 1. The maximum atomic E-state index is 12.7. The van der Waals surface area contributed by atoms with Gasteiger partial charge >= 0.3 is 0 Å². The highest BCUT2D eigenvalue weighted by Crippen LogP contribution is 2.38. The fourth-order valence-corrected chi connectivity index (χ4v) is 4.48. The number of hydrogen-bond acceptors (Lipinski definition) is 4. The van der Waals surface area contributed by atoms with E-state index in [1.807, 2.05) is 44.2 Å². The van der Waals surface area contributed by atoms with Crippen molar-refractivity contribution < 1.29 is 18.8 Å². The van der Waals surface area contributed by atoms with Gasteiger partial charge in [0.15, 0.2) is 4.90 Å². The molecule has 1 aromatic carbocycles. The topological polar surface area (TPSA) is 84.2 Å². The molecule has 1 saturated heterocycles. The maximum absolute atomic E-state index is 12.7. The molecule has 0 spiro atoms. The van der Waals surface area contributed by atoms with E-state index < -0.39 is 11.2 Å². The summed E-state index contributed by atoms with van der Waals surface area (Å²) in [6.07, 6.45) is 2.59. The van der Waals surface area contributed by atoms with Crippen molar-refractivity contribution in [2.24, 2.45) is 0 Å². The quantitative estimate of drug-likeness (QED) is 0.404. The van der Waals surface area contributed by atoms with Crippen molar-refractivity contribution in [3.05, 3.63) is 47.4 Å². The van der Waals surface area contributed by atoms with Crippen molar-refractivity contribution >= 4 is 22.2 Å². The van der Waals surface area contributed by atoms with Gasteiger partial charge in [-0.05, 0) is 56.2 Å². The first-order valence-corrected chi connectivity index (χ1v) is 10.7. The molecule has 0 aliphatic carbocycles. The summed E-state index contributed by atoms with van der Waals surface area (Å²) in [5.41, 5.74) is 2.81. The second kappa shape index (κ2) is 7.66. The van der Waals surface area contributed by atoms with Crippen LogP contribution in [0, 0.1) is 12.1 Å². The van der Waals surface area contributed by atoms with Crippen LogP contribution >= 0.6 is 0 Å². The van der Waals surface area contributed by atoms with Crippen LogP contribution in [0.4, 0.5) is 0 Å². The van der Waals surface area contributed by atoms with Crippen LogP contribution < -0.4 is 9.47 Å². The van der Waals surface area contributed by atoms with Gasteiger partial charge in [0.2, 0.25) is 0 Å². The number of H-pyrrole nitrogens is 1. The van der Waals surface area contributed by atoms with E-state index in [-0.39, 0.29) is 11.4 Å². The second-order valence-electron chi connectivity index (χ2n) is 7.34. The Morgan fingerprint density at radius 2 is 2.07 bits per heavy atom. The first-order valence-electron chi connectivity index (χ1n) is 9.45. The summed E-state index contributed by atoms with van der Waals surface area (Å²) in [6.45, 7) is 6.91. The number of aromatic amines is 1. The number of aryl methyl sites for hydroxylation is 1. The third-order valence-corrected chi connectivity index (χ3v) is 6.55. The van der Waals surface area contributed by atoms with Crippen molar-refractivity contribution in [3.63, 3.8) is 0 Å². The Morgan fingerprint density at radius 1 is 1.25 bits per heavy atom. The van der Waals surface area contributed by atoms with Gasteiger partial charge in [0.25, 0.3) is 5.65 Å². The van der Waals surface area contributed by atoms with Crippen molar-refractivity contribution in [2.75, 3.05) is 13.2 Å². The predicted octanol–water partition coefficient (Wildman–Crippen LogP) is 3.46. The standard InChI is InChI=1S/C21H24N2O4S/c1-13(2)28(25)16-4-5-20(27-15-7-9-26-12-15)19(11-16)18-10-14(3)23(24)21-17(18)6-8-22-21/h4-6,8,10-11,13,15,22H,7,9,12H2,1-3H3. The lowest BCUT2D eigenvalue weighted by molar-refractivity contribution is -0.586. The summed E-state index contributed by atoms with van der Waals surface area (Å²) in [5.74, 6) is 0.713. The predicted molar refractivity (Wildman–Crippen MR) is 109 cm³/mol. The highest BCUT2D eigenvalue weighted by molar-refractivity contribution is 7.92. The van der Waals surface area contributed by atoms with E-state index in [9.17, 15) is 9.76 Å². The molecule has 4 rings (SSSR count). The molecular weight excluding hydrogens is 376 g/mol. The van der Waals surface area contributed by atoms with Crippen molar-refractivity contribution in [1.29, 1.82) is 0 Å². The van der Waals surface area contributed by atoms with Gasteiger partial charge in [0, 0.05) is 23.6 Å². The Kier molecular flexibility index (Phi) is 5.23. The monoisotopic (exact) mass is 400 g/mol. The molecule has 1 aliphatic rings. The zero-order chi connectivity index (χ0) is 19.8. The van der Waals surface area contributed by atoms with Crippen LogP contribution in [0.3, 0.4) is 0 Å². The molecule has 1 N–H and O–H groups in total. The lowest BCUT2D eigenvalue weighted by Crippen LogP contribution is -2.31. The molecule has 28 heavy (non-hydrogen) atoms. The van der Waals surface area contributed by atoms with Crippen LogP contribution in [0.5, 0.6) is 5.75 Å². The van der Waals surface area contributed by atoms with Crippen molar-refractivity contribution in [1.82, 2.24) is 4.98 Å². The minimum absolute atomic E-state index is 0.00355. The van der Waals surface area contributed by atoms with E-state index in [4.69, 9.17) is 9.47 Å². The molecule has 7 heteroatoms. The zero-order valence-corrected chi connectivity index (χ0v) is 17.0. The van der Waals surface area contributed by atoms with E-state index in [1.54, 1.807) is 13.1 Å². The molecule has 6 nitrogen and oxygen atoms in total. The summed E-state index contributed by atoms with van der Waals surface area (Å²) in [7, 11) is 0. The highest BCUT2D eigenvalue weighted by atomic mass is 32.2. The third-order valence-electron chi connectivity index (χ3n) is 4.98. The van der Waals surface area contributed by atoms with Gasteiger partial charge < -0.3 is 19.2 Å². The average Bonchev–Trinajstić information content (AvgIpc) is 3.36. The van der Waals surface area contributed by atoms with Crippen molar-refractivity contribution in [3.8, 4) is 16.9 Å². The molecule has 1 aliphatic heterocycles. The smallest absolute Gasteiger partial charge is 0.290 e. The largest absolute Gasteiger partial charge is 0.710 e. The van der Waals surface area contributed by atoms with Crippen LogP contribution in [-0.2, 0) is 15.9 Å². The van der Waals surface area contributed by atoms with E-state index in [0.717, 1.165) is 32.6 Å². The van der Waals surface area contributed by atoms with Crippen LogP contribution in [0.1, 0.15) is 26.0 Å². The van der Waals surface area contributed by atoms with Crippen LogP contribution in [0.25, 0.3) is 22.2 Å². The number of hydrogen-bond donors (Lipinski definition) is 1. The lowest BCUT2D eigenvalue weighted by atomic mass is 10.0. The number of aromatic nitrogens is 2. The summed E-state index contributed by atoms with van der Waals surface area (Å²) in [5, 5.41) is 13.2. The fourth-order valence-electron chi connectivity index (χ4n) is 3.50. The molecule has 0 saturated carbocycles. The van der Waals surface area contributed by atoms with Gasteiger partial charge in [-0.25, -0.2) is 9.71 Å². The molecule has 3 aromatic rings. The van der Waals surface area contributed by atoms with E-state index in [0.29, 0.717) is 30.3 Å². The Bertz CT molecular complexity index is 995. The normalized spacial score (nSPS) is 18.1.